The number of nitrogens with one attached hydrogen (secondary N) is 2. The van der Waals surface area contributed by atoms with Crippen LogP contribution in [0.15, 0.2) is 91.4 Å². The maximum absolute atomic E-state index is 12.9. The van der Waals surface area contributed by atoms with Gasteiger partial charge in [-0.05, 0) is 60.5 Å². The van der Waals surface area contributed by atoms with Gasteiger partial charge >= 0.3 is 0 Å². The summed E-state index contributed by atoms with van der Waals surface area (Å²) >= 11 is 0. The summed E-state index contributed by atoms with van der Waals surface area (Å²) in [6, 6.07) is 23.6. The van der Waals surface area contributed by atoms with Gasteiger partial charge in [0.05, 0.1) is 5.69 Å². The molecule has 0 aliphatic carbocycles. The van der Waals surface area contributed by atoms with E-state index < -0.39 is 0 Å². The standard InChI is InChI=1S/C33H33N7O2/c1-3-24-7-9-25(10-8-24)33(42)36-28-6-4-5-26(21-28)30-22-40-16-15-34-32(40)31(37-30)35-27-11-13-29(14-12-27)39-19-17-38(18-20-39)23(2)41/h4-16,21-22H,3,17-20H2,1-2H3,(H,35,37)(H,36,42). The lowest BCUT2D eigenvalue weighted by Crippen LogP contribution is -2.48. The highest BCUT2D eigenvalue weighted by atomic mass is 16.2. The molecule has 0 atom stereocenters. The van der Waals surface area contributed by atoms with Crippen molar-refractivity contribution in [2.75, 3.05) is 41.7 Å². The van der Waals surface area contributed by atoms with E-state index >= 15 is 0 Å². The van der Waals surface area contributed by atoms with Gasteiger partial charge in [-0.25, -0.2) is 9.97 Å². The second-order valence-electron chi connectivity index (χ2n) is 10.4. The third-order valence-electron chi connectivity index (χ3n) is 7.63. The Labute approximate surface area is 244 Å². The Morgan fingerprint density at radius 2 is 1.67 bits per heavy atom. The van der Waals surface area contributed by atoms with Crippen molar-refractivity contribution >= 4 is 40.3 Å². The highest BCUT2D eigenvalue weighted by Gasteiger charge is 2.19. The van der Waals surface area contributed by atoms with Crippen molar-refractivity contribution in [2.24, 2.45) is 0 Å². The topological polar surface area (TPSA) is 94.9 Å². The van der Waals surface area contributed by atoms with Gasteiger partial charge < -0.3 is 24.8 Å². The third kappa shape index (κ3) is 5.81. The number of amides is 2. The molecule has 212 valence electrons. The van der Waals surface area contributed by atoms with E-state index in [0.717, 1.165) is 55.2 Å². The predicted octanol–water partition coefficient (Wildman–Crippen LogP) is 5.62. The largest absolute Gasteiger partial charge is 0.368 e. The van der Waals surface area contributed by atoms with E-state index in [-0.39, 0.29) is 11.8 Å². The molecule has 2 aromatic heterocycles. The van der Waals surface area contributed by atoms with Crippen LogP contribution in [0.25, 0.3) is 16.9 Å². The lowest BCUT2D eigenvalue weighted by molar-refractivity contribution is -0.129. The van der Waals surface area contributed by atoms with Crippen LogP contribution in [0.3, 0.4) is 0 Å². The maximum atomic E-state index is 12.9. The van der Waals surface area contributed by atoms with E-state index in [4.69, 9.17) is 4.98 Å². The maximum Gasteiger partial charge on any atom is 0.255 e. The van der Waals surface area contributed by atoms with Crippen LogP contribution in [-0.2, 0) is 11.2 Å². The molecule has 0 saturated carbocycles. The number of carbonyl (C=O) groups excluding carboxylic acids is 2. The monoisotopic (exact) mass is 559 g/mol. The third-order valence-corrected chi connectivity index (χ3v) is 7.63. The number of fused-ring (bicyclic) bond motifs is 1. The number of benzene rings is 3. The molecule has 0 bridgehead atoms. The van der Waals surface area contributed by atoms with Crippen molar-refractivity contribution in [3.05, 3.63) is 103 Å². The Bertz CT molecular complexity index is 1720. The van der Waals surface area contributed by atoms with Crippen molar-refractivity contribution in [3.8, 4) is 11.3 Å². The van der Waals surface area contributed by atoms with Crippen LogP contribution in [-0.4, -0.2) is 57.3 Å². The lowest BCUT2D eigenvalue weighted by atomic mass is 10.1. The summed E-state index contributed by atoms with van der Waals surface area (Å²) in [7, 11) is 0. The summed E-state index contributed by atoms with van der Waals surface area (Å²) in [5.74, 6) is 0.605. The highest BCUT2D eigenvalue weighted by molar-refractivity contribution is 6.04. The summed E-state index contributed by atoms with van der Waals surface area (Å²) in [6.07, 6.45) is 6.50. The molecule has 6 rings (SSSR count). The number of aromatic nitrogens is 3. The quantitative estimate of drug-likeness (QED) is 0.269. The van der Waals surface area contributed by atoms with E-state index in [0.29, 0.717) is 22.7 Å². The minimum atomic E-state index is -0.153. The normalized spacial score (nSPS) is 13.3. The molecule has 3 heterocycles. The van der Waals surface area contributed by atoms with Gasteiger partial charge in [0.2, 0.25) is 5.91 Å². The Morgan fingerprint density at radius 3 is 2.38 bits per heavy atom. The SMILES string of the molecule is CCc1ccc(C(=O)Nc2cccc(-c3cn4ccnc4c(Nc4ccc(N5CCN(C(C)=O)CC5)cc4)n3)c2)cc1. The Kier molecular flexibility index (Phi) is 7.55. The summed E-state index contributed by atoms with van der Waals surface area (Å²) in [4.78, 5) is 38.1. The molecular formula is C33H33N7O2. The molecule has 1 saturated heterocycles. The number of hydrogen-bond donors (Lipinski definition) is 2. The van der Waals surface area contributed by atoms with Gasteiger partial charge in [0, 0.05) is 79.9 Å². The van der Waals surface area contributed by atoms with E-state index in [1.165, 1.54) is 5.56 Å². The lowest BCUT2D eigenvalue weighted by Gasteiger charge is -2.35. The fourth-order valence-corrected chi connectivity index (χ4v) is 5.18. The second-order valence-corrected chi connectivity index (χ2v) is 10.4. The zero-order valence-corrected chi connectivity index (χ0v) is 23.7. The van der Waals surface area contributed by atoms with Gasteiger partial charge in [-0.15, -0.1) is 0 Å². The molecule has 3 aromatic carbocycles. The molecule has 0 radical (unpaired) electrons. The molecule has 1 aliphatic rings. The number of nitrogens with zero attached hydrogens (tertiary/aromatic N) is 5. The van der Waals surface area contributed by atoms with Crippen molar-refractivity contribution in [1.82, 2.24) is 19.3 Å². The van der Waals surface area contributed by atoms with Gasteiger partial charge in [0.1, 0.15) is 0 Å². The summed E-state index contributed by atoms with van der Waals surface area (Å²) in [5.41, 5.74) is 6.84. The number of hydrogen-bond acceptors (Lipinski definition) is 6. The van der Waals surface area contributed by atoms with Crippen LogP contribution >= 0.6 is 0 Å². The van der Waals surface area contributed by atoms with Gasteiger partial charge in [-0.1, -0.05) is 31.2 Å². The second kappa shape index (κ2) is 11.7. The average Bonchev–Trinajstić information content (AvgIpc) is 3.51. The molecule has 2 amide bonds. The van der Waals surface area contributed by atoms with E-state index in [9.17, 15) is 9.59 Å². The van der Waals surface area contributed by atoms with E-state index in [2.05, 4.69) is 39.6 Å². The number of imidazole rings is 1. The first-order chi connectivity index (χ1) is 20.5. The van der Waals surface area contributed by atoms with E-state index in [1.54, 1.807) is 13.1 Å². The molecule has 9 heteroatoms. The molecular weight excluding hydrogens is 526 g/mol. The number of aryl methyl sites for hydroxylation is 1. The zero-order chi connectivity index (χ0) is 29.1. The molecule has 42 heavy (non-hydrogen) atoms. The zero-order valence-electron chi connectivity index (χ0n) is 23.7. The minimum absolute atomic E-state index is 0.128. The molecule has 9 nitrogen and oxygen atoms in total. The van der Waals surface area contributed by atoms with Crippen LogP contribution in [0.2, 0.25) is 0 Å². The summed E-state index contributed by atoms with van der Waals surface area (Å²) < 4.78 is 1.94. The fraction of sp³-hybridized carbons (Fsp3) is 0.212. The summed E-state index contributed by atoms with van der Waals surface area (Å²) in [5, 5.41) is 6.45. The first-order valence-corrected chi connectivity index (χ1v) is 14.2. The van der Waals surface area contributed by atoms with E-state index in [1.807, 2.05) is 82.4 Å². The van der Waals surface area contributed by atoms with Crippen LogP contribution < -0.4 is 15.5 Å². The number of rotatable bonds is 7. The van der Waals surface area contributed by atoms with Crippen LogP contribution in [0.5, 0.6) is 0 Å². The summed E-state index contributed by atoms with van der Waals surface area (Å²) in [6.45, 7) is 6.82. The van der Waals surface area contributed by atoms with Crippen molar-refractivity contribution in [2.45, 2.75) is 20.3 Å². The van der Waals surface area contributed by atoms with Crippen molar-refractivity contribution in [1.29, 1.82) is 0 Å². The van der Waals surface area contributed by atoms with Crippen molar-refractivity contribution < 1.29 is 9.59 Å². The molecule has 5 aromatic rings. The molecule has 0 unspecified atom stereocenters. The minimum Gasteiger partial charge on any atom is -0.368 e. The van der Waals surface area contributed by atoms with Crippen LogP contribution in [0, 0.1) is 0 Å². The fourth-order valence-electron chi connectivity index (χ4n) is 5.18. The Balaban J connectivity index is 1.20. The first-order valence-electron chi connectivity index (χ1n) is 14.2. The first kappa shape index (κ1) is 27.0. The van der Waals surface area contributed by atoms with Crippen molar-refractivity contribution in [3.63, 3.8) is 0 Å². The van der Waals surface area contributed by atoms with Crippen LogP contribution in [0.1, 0.15) is 29.8 Å². The van der Waals surface area contributed by atoms with Gasteiger partial charge in [0.15, 0.2) is 11.5 Å². The van der Waals surface area contributed by atoms with Gasteiger partial charge in [-0.2, -0.15) is 0 Å². The Hall–Kier alpha value is -5.18. The van der Waals surface area contributed by atoms with Gasteiger partial charge in [-0.3, -0.25) is 9.59 Å². The molecule has 2 N–H and O–H groups in total. The average molecular weight is 560 g/mol. The number of anilines is 4. The predicted molar refractivity (Wildman–Crippen MR) is 166 cm³/mol. The molecule has 1 aliphatic heterocycles. The Morgan fingerprint density at radius 1 is 0.905 bits per heavy atom. The number of carbonyl (C=O) groups is 2. The molecule has 1 fully saturated rings. The van der Waals surface area contributed by atoms with Crippen LogP contribution in [0.4, 0.5) is 22.9 Å². The van der Waals surface area contributed by atoms with Gasteiger partial charge in [0.25, 0.3) is 5.91 Å². The number of piperazine rings is 1. The highest BCUT2D eigenvalue weighted by Crippen LogP contribution is 2.28. The molecule has 0 spiro atoms. The smallest absolute Gasteiger partial charge is 0.255 e.